The molecule has 0 spiro atoms. The first-order chi connectivity index (χ1) is 15.0. The van der Waals surface area contributed by atoms with Gasteiger partial charge in [-0.15, -0.1) is 10.2 Å². The molecular weight excluding hydrogens is 434 g/mol. The Hall–Kier alpha value is -2.23. The van der Waals surface area contributed by atoms with Crippen LogP contribution in [0, 0.1) is 17.8 Å². The number of carboxylic acid groups (broad SMARTS) is 1. The van der Waals surface area contributed by atoms with Gasteiger partial charge in [-0.3, -0.25) is 4.79 Å². The van der Waals surface area contributed by atoms with E-state index < -0.39 is 18.0 Å². The van der Waals surface area contributed by atoms with Crippen molar-refractivity contribution in [3.8, 4) is 10.6 Å². The minimum absolute atomic E-state index is 0.0250. The maximum atomic E-state index is 12.6. The Bertz CT molecular complexity index is 1050. The van der Waals surface area contributed by atoms with E-state index in [0.717, 1.165) is 39.7 Å². The van der Waals surface area contributed by atoms with Crippen LogP contribution in [0.3, 0.4) is 0 Å². The number of nitrogens with zero attached hydrogens (tertiary/aromatic N) is 3. The zero-order chi connectivity index (χ0) is 21.7. The Morgan fingerprint density at radius 1 is 1.29 bits per heavy atom. The summed E-state index contributed by atoms with van der Waals surface area (Å²) in [4.78, 5) is 26.2. The number of carbonyl (C=O) groups is 2. The summed E-state index contributed by atoms with van der Waals surface area (Å²) in [6.45, 7) is 1.62. The lowest BCUT2D eigenvalue weighted by Crippen LogP contribution is -2.64. The maximum absolute atomic E-state index is 12.6. The minimum atomic E-state index is -1.04. The highest BCUT2D eigenvalue weighted by atomic mass is 32.2. The molecular formula is C22H23N3O4S2. The van der Waals surface area contributed by atoms with E-state index in [9.17, 15) is 19.8 Å². The summed E-state index contributed by atoms with van der Waals surface area (Å²) in [5.74, 6) is -0.995. The Morgan fingerprint density at radius 3 is 2.77 bits per heavy atom. The topological polar surface area (TPSA) is 104 Å². The number of fused-ring (bicyclic) bond motifs is 3. The molecule has 9 heteroatoms. The third kappa shape index (κ3) is 3.39. The number of hydrogen-bond acceptors (Lipinski definition) is 7. The van der Waals surface area contributed by atoms with Gasteiger partial charge >= 0.3 is 5.97 Å². The summed E-state index contributed by atoms with van der Waals surface area (Å²) in [5, 5.41) is 29.5. The SMILES string of the molecule is C[C@@H](O)[C@H]1C(=O)N2C(C(=O)O)=C3[C@H](CSc4nnc(-c5ccccc5)s4)CCC[C@@H]3[C@H]12. The van der Waals surface area contributed by atoms with Crippen LogP contribution in [0.1, 0.15) is 26.2 Å². The Morgan fingerprint density at radius 2 is 2.06 bits per heavy atom. The van der Waals surface area contributed by atoms with Crippen molar-refractivity contribution in [1.82, 2.24) is 15.1 Å². The molecule has 1 amide bonds. The van der Waals surface area contributed by atoms with Crippen LogP contribution in [-0.4, -0.2) is 55.1 Å². The van der Waals surface area contributed by atoms with Gasteiger partial charge in [0, 0.05) is 17.2 Å². The van der Waals surface area contributed by atoms with Crippen LogP contribution >= 0.6 is 23.1 Å². The fourth-order valence-corrected chi connectivity index (χ4v) is 7.36. The van der Waals surface area contributed by atoms with Crippen LogP contribution in [0.5, 0.6) is 0 Å². The van der Waals surface area contributed by atoms with Crippen LogP contribution < -0.4 is 0 Å². The zero-order valence-electron chi connectivity index (χ0n) is 17.0. The summed E-state index contributed by atoms with van der Waals surface area (Å²) < 4.78 is 0.859. The highest BCUT2D eigenvalue weighted by Gasteiger charge is 2.62. The first-order valence-corrected chi connectivity index (χ1v) is 12.3. The Kier molecular flexibility index (Phi) is 5.35. The summed E-state index contributed by atoms with van der Waals surface area (Å²) in [5.41, 5.74) is 2.08. The van der Waals surface area contributed by atoms with Gasteiger partial charge in [0.05, 0.1) is 18.1 Å². The Balaban J connectivity index is 1.37. The van der Waals surface area contributed by atoms with Gasteiger partial charge in [-0.1, -0.05) is 59.9 Å². The van der Waals surface area contributed by atoms with E-state index in [4.69, 9.17) is 0 Å². The zero-order valence-corrected chi connectivity index (χ0v) is 18.6. The van der Waals surface area contributed by atoms with Crippen LogP contribution in [0.15, 0.2) is 45.9 Å². The predicted octanol–water partition coefficient (Wildman–Crippen LogP) is 3.27. The van der Waals surface area contributed by atoms with Gasteiger partial charge in [0.1, 0.15) is 10.7 Å². The molecule has 1 aliphatic carbocycles. The van der Waals surface area contributed by atoms with Gasteiger partial charge in [-0.2, -0.15) is 0 Å². The van der Waals surface area contributed by atoms with Crippen LogP contribution in [0.4, 0.5) is 0 Å². The number of rotatable bonds is 6. The lowest BCUT2D eigenvalue weighted by atomic mass is 9.70. The highest BCUT2D eigenvalue weighted by molar-refractivity contribution is 8.01. The normalized spacial score (nSPS) is 28.2. The number of aliphatic hydroxyl groups excluding tert-OH is 1. The van der Waals surface area contributed by atoms with Crippen molar-refractivity contribution >= 4 is 35.0 Å². The molecule has 0 unspecified atom stereocenters. The number of benzene rings is 1. The van der Waals surface area contributed by atoms with E-state index in [-0.39, 0.29) is 29.5 Å². The van der Waals surface area contributed by atoms with Gasteiger partial charge in [0.25, 0.3) is 0 Å². The number of carboxylic acids is 1. The molecule has 0 radical (unpaired) electrons. The standard InChI is InChI=1S/C22H23N3O4S2/c1-11(26)15-17-14-9-5-8-13(16(14)18(21(28)29)25(17)20(15)27)10-30-22-24-23-19(31-22)12-6-3-2-4-7-12/h2-4,6-7,11,13-15,17,26H,5,8-10H2,1H3,(H,28,29)/t11-,13+,14+,15-,17-/m1/s1. The van der Waals surface area contributed by atoms with Crippen LogP contribution in [-0.2, 0) is 9.59 Å². The largest absolute Gasteiger partial charge is 0.477 e. The molecule has 5 atom stereocenters. The molecule has 162 valence electrons. The summed E-state index contributed by atoms with van der Waals surface area (Å²) in [6, 6.07) is 9.69. The minimum Gasteiger partial charge on any atom is -0.477 e. The van der Waals surface area contributed by atoms with E-state index in [1.54, 1.807) is 18.7 Å². The average Bonchev–Trinajstić information content (AvgIpc) is 3.34. The first kappa shape index (κ1) is 20.7. The van der Waals surface area contributed by atoms with Crippen molar-refractivity contribution in [3.63, 3.8) is 0 Å². The van der Waals surface area contributed by atoms with Crippen LogP contribution in [0.25, 0.3) is 10.6 Å². The van der Waals surface area contributed by atoms with Crippen molar-refractivity contribution in [2.75, 3.05) is 5.75 Å². The van der Waals surface area contributed by atoms with Gasteiger partial charge in [0.15, 0.2) is 4.34 Å². The molecule has 31 heavy (non-hydrogen) atoms. The van der Waals surface area contributed by atoms with E-state index in [2.05, 4.69) is 10.2 Å². The van der Waals surface area contributed by atoms with Crippen molar-refractivity contribution in [1.29, 1.82) is 0 Å². The number of carbonyl (C=O) groups excluding carboxylic acids is 1. The Labute approximate surface area is 188 Å². The number of aliphatic hydroxyl groups is 1. The van der Waals surface area contributed by atoms with Crippen molar-refractivity contribution in [2.45, 2.75) is 42.7 Å². The molecule has 2 aromatic rings. The third-order valence-corrected chi connectivity index (χ3v) is 8.85. The molecule has 0 bridgehead atoms. The quantitative estimate of drug-likeness (QED) is 0.507. The highest BCUT2D eigenvalue weighted by Crippen LogP contribution is 2.54. The molecule has 2 N–H and O–H groups in total. The number of β-lactam (4-membered cyclic amide) rings is 1. The van der Waals surface area contributed by atoms with Gasteiger partial charge in [-0.05, 0) is 31.3 Å². The van der Waals surface area contributed by atoms with Gasteiger partial charge in [0.2, 0.25) is 5.91 Å². The lowest BCUT2D eigenvalue weighted by Gasteiger charge is -2.47. The molecule has 1 aromatic carbocycles. The fourth-order valence-electron chi connectivity index (χ4n) is 5.31. The molecule has 3 heterocycles. The van der Waals surface area contributed by atoms with Crippen molar-refractivity contribution < 1.29 is 19.8 Å². The van der Waals surface area contributed by atoms with E-state index in [1.807, 2.05) is 30.3 Å². The molecule has 1 aromatic heterocycles. The number of amides is 1. The molecule has 7 nitrogen and oxygen atoms in total. The molecule has 1 saturated heterocycles. The second kappa shape index (κ2) is 8.03. The van der Waals surface area contributed by atoms with E-state index >= 15 is 0 Å². The molecule has 5 rings (SSSR count). The summed E-state index contributed by atoms with van der Waals surface area (Å²) >= 11 is 3.14. The fraction of sp³-hybridized carbons (Fsp3) is 0.455. The van der Waals surface area contributed by atoms with E-state index in [1.165, 1.54) is 16.2 Å². The monoisotopic (exact) mass is 457 g/mol. The molecule has 2 aliphatic heterocycles. The predicted molar refractivity (Wildman–Crippen MR) is 117 cm³/mol. The number of aromatic nitrogens is 2. The smallest absolute Gasteiger partial charge is 0.352 e. The second-order valence-electron chi connectivity index (χ2n) is 8.36. The number of hydrogen-bond donors (Lipinski definition) is 2. The van der Waals surface area contributed by atoms with Crippen molar-refractivity contribution in [3.05, 3.63) is 41.6 Å². The number of thioether (sulfide) groups is 1. The third-order valence-electron chi connectivity index (χ3n) is 6.58. The summed E-state index contributed by atoms with van der Waals surface area (Å²) in [6.07, 6.45) is 1.98. The molecule has 1 saturated carbocycles. The molecule has 2 fully saturated rings. The second-order valence-corrected chi connectivity index (χ2v) is 10.6. The molecule has 3 aliphatic rings. The van der Waals surface area contributed by atoms with E-state index in [0.29, 0.717) is 5.75 Å². The first-order valence-electron chi connectivity index (χ1n) is 10.5. The van der Waals surface area contributed by atoms with Gasteiger partial charge in [-0.25, -0.2) is 4.79 Å². The number of aliphatic carboxylic acids is 1. The van der Waals surface area contributed by atoms with Crippen molar-refractivity contribution in [2.24, 2.45) is 17.8 Å². The summed E-state index contributed by atoms with van der Waals surface area (Å²) in [7, 11) is 0. The maximum Gasteiger partial charge on any atom is 0.352 e. The average molecular weight is 458 g/mol. The lowest BCUT2D eigenvalue weighted by molar-refractivity contribution is -0.163. The van der Waals surface area contributed by atoms with Gasteiger partial charge < -0.3 is 15.1 Å². The van der Waals surface area contributed by atoms with Crippen LogP contribution in [0.2, 0.25) is 0 Å².